The van der Waals surface area contributed by atoms with Gasteiger partial charge < -0.3 is 14.7 Å². The maximum absolute atomic E-state index is 13.2. The van der Waals surface area contributed by atoms with Gasteiger partial charge in [0.05, 0.1) is 23.8 Å². The van der Waals surface area contributed by atoms with Crippen molar-refractivity contribution in [3.63, 3.8) is 0 Å². The lowest BCUT2D eigenvalue weighted by atomic mass is 9.90. The minimum Gasteiger partial charge on any atom is -0.478 e. The SMILES string of the molecule is N#Cc1ccc(N2CCC(c3ccc(OCCCCCO)nc3)CC2)cc1C(F)(F)F. The Kier molecular flexibility index (Phi) is 7.75. The van der Waals surface area contributed by atoms with E-state index in [1.165, 1.54) is 6.07 Å². The molecule has 1 aromatic heterocycles. The number of benzene rings is 1. The smallest absolute Gasteiger partial charge is 0.417 e. The molecule has 0 aliphatic carbocycles. The molecule has 0 atom stereocenters. The van der Waals surface area contributed by atoms with E-state index in [1.807, 2.05) is 23.2 Å². The number of hydrogen-bond donors (Lipinski definition) is 1. The van der Waals surface area contributed by atoms with Crippen LogP contribution in [0.2, 0.25) is 0 Å². The molecule has 1 saturated heterocycles. The molecule has 2 aromatic rings. The number of anilines is 1. The fourth-order valence-corrected chi connectivity index (χ4v) is 3.82. The third-order valence-electron chi connectivity index (χ3n) is 5.57. The number of aliphatic hydroxyl groups is 1. The number of unbranched alkanes of at least 4 members (excludes halogenated alkanes) is 2. The molecule has 2 heterocycles. The summed E-state index contributed by atoms with van der Waals surface area (Å²) in [6.45, 7) is 2.03. The molecule has 5 nitrogen and oxygen atoms in total. The van der Waals surface area contributed by atoms with Gasteiger partial charge in [0.15, 0.2) is 0 Å². The molecule has 0 bridgehead atoms. The van der Waals surface area contributed by atoms with Gasteiger partial charge in [-0.15, -0.1) is 0 Å². The zero-order valence-electron chi connectivity index (χ0n) is 17.2. The average Bonchev–Trinajstić information content (AvgIpc) is 2.78. The first-order chi connectivity index (χ1) is 14.9. The zero-order chi connectivity index (χ0) is 22.3. The highest BCUT2D eigenvalue weighted by Crippen LogP contribution is 2.36. The van der Waals surface area contributed by atoms with E-state index in [0.29, 0.717) is 37.2 Å². The summed E-state index contributed by atoms with van der Waals surface area (Å²) in [6, 6.07) is 9.38. The highest BCUT2D eigenvalue weighted by atomic mass is 19.4. The Balaban J connectivity index is 1.56. The predicted molar refractivity (Wildman–Crippen MR) is 111 cm³/mol. The number of aliphatic hydroxyl groups excluding tert-OH is 1. The molecule has 8 heteroatoms. The molecule has 1 fully saturated rings. The van der Waals surface area contributed by atoms with Crippen LogP contribution in [0.5, 0.6) is 5.88 Å². The Morgan fingerprint density at radius 3 is 2.52 bits per heavy atom. The maximum Gasteiger partial charge on any atom is 0.417 e. The number of nitriles is 1. The molecule has 0 amide bonds. The summed E-state index contributed by atoms with van der Waals surface area (Å²) in [5, 5.41) is 17.7. The average molecular weight is 433 g/mol. The Bertz CT molecular complexity index is 886. The van der Waals surface area contributed by atoms with Gasteiger partial charge in [0, 0.05) is 37.6 Å². The van der Waals surface area contributed by atoms with Crippen LogP contribution < -0.4 is 9.64 Å². The molecule has 1 aromatic carbocycles. The lowest BCUT2D eigenvalue weighted by Gasteiger charge is -2.34. The van der Waals surface area contributed by atoms with E-state index in [-0.39, 0.29) is 12.2 Å². The van der Waals surface area contributed by atoms with Crippen molar-refractivity contribution in [2.75, 3.05) is 31.2 Å². The van der Waals surface area contributed by atoms with Crippen molar-refractivity contribution in [1.29, 1.82) is 5.26 Å². The number of hydrogen-bond acceptors (Lipinski definition) is 5. The molecule has 1 N–H and O–H groups in total. The largest absolute Gasteiger partial charge is 0.478 e. The normalized spacial score (nSPS) is 15.0. The molecule has 1 aliphatic heterocycles. The van der Waals surface area contributed by atoms with Crippen LogP contribution in [0.15, 0.2) is 36.5 Å². The van der Waals surface area contributed by atoms with E-state index in [9.17, 15) is 13.2 Å². The van der Waals surface area contributed by atoms with E-state index in [0.717, 1.165) is 43.7 Å². The Morgan fingerprint density at radius 2 is 1.90 bits per heavy atom. The molecule has 0 saturated carbocycles. The molecule has 0 unspecified atom stereocenters. The van der Waals surface area contributed by atoms with Crippen molar-refractivity contribution in [3.05, 3.63) is 53.2 Å². The Labute approximate surface area is 180 Å². The second-order valence-electron chi connectivity index (χ2n) is 7.66. The summed E-state index contributed by atoms with van der Waals surface area (Å²) in [4.78, 5) is 6.30. The summed E-state index contributed by atoms with van der Waals surface area (Å²) < 4.78 is 45.3. The number of pyridine rings is 1. The minimum absolute atomic E-state index is 0.195. The Hall–Kier alpha value is -2.79. The van der Waals surface area contributed by atoms with E-state index in [2.05, 4.69) is 4.98 Å². The molecular weight excluding hydrogens is 407 g/mol. The summed E-state index contributed by atoms with van der Waals surface area (Å²) >= 11 is 0. The van der Waals surface area contributed by atoms with Crippen molar-refractivity contribution < 1.29 is 23.0 Å². The van der Waals surface area contributed by atoms with Gasteiger partial charge in [-0.1, -0.05) is 6.07 Å². The first kappa shape index (κ1) is 22.9. The van der Waals surface area contributed by atoms with Gasteiger partial charge in [0.2, 0.25) is 5.88 Å². The summed E-state index contributed by atoms with van der Waals surface area (Å²) in [7, 11) is 0. The zero-order valence-corrected chi connectivity index (χ0v) is 17.2. The topological polar surface area (TPSA) is 69.4 Å². The molecule has 1 aliphatic rings. The maximum atomic E-state index is 13.2. The molecule has 0 radical (unpaired) electrons. The number of nitrogens with zero attached hydrogens (tertiary/aromatic N) is 3. The van der Waals surface area contributed by atoms with Crippen LogP contribution >= 0.6 is 0 Å². The number of aromatic nitrogens is 1. The van der Waals surface area contributed by atoms with Crippen molar-refractivity contribution >= 4 is 5.69 Å². The molecule has 0 spiro atoms. The number of rotatable bonds is 8. The fraction of sp³-hybridized carbons (Fsp3) is 0.478. The summed E-state index contributed by atoms with van der Waals surface area (Å²) in [6.07, 6.45) is 1.44. The Morgan fingerprint density at radius 1 is 1.13 bits per heavy atom. The first-order valence-electron chi connectivity index (χ1n) is 10.5. The van der Waals surface area contributed by atoms with Crippen molar-refractivity contribution in [1.82, 2.24) is 4.98 Å². The van der Waals surface area contributed by atoms with E-state index in [4.69, 9.17) is 15.1 Å². The van der Waals surface area contributed by atoms with Gasteiger partial charge in [-0.25, -0.2) is 4.98 Å². The van der Waals surface area contributed by atoms with E-state index in [1.54, 1.807) is 12.1 Å². The number of halogens is 3. The van der Waals surface area contributed by atoms with Gasteiger partial charge in [-0.3, -0.25) is 0 Å². The van der Waals surface area contributed by atoms with Crippen LogP contribution in [0, 0.1) is 11.3 Å². The first-order valence-corrected chi connectivity index (χ1v) is 10.5. The fourth-order valence-electron chi connectivity index (χ4n) is 3.82. The predicted octanol–water partition coefficient (Wildman–Crippen LogP) is 4.90. The molecule has 166 valence electrons. The second-order valence-corrected chi connectivity index (χ2v) is 7.66. The third kappa shape index (κ3) is 6.11. The number of piperidine rings is 1. The van der Waals surface area contributed by atoms with Crippen LogP contribution in [0.25, 0.3) is 0 Å². The standard InChI is InChI=1S/C23H26F3N3O2/c24-23(25,26)21-14-20(6-4-18(21)15-27)29-10-8-17(9-11-29)19-5-7-22(28-16-19)31-13-3-1-2-12-30/h4-7,14,16-17,30H,1-3,8-13H2. The van der Waals surface area contributed by atoms with Crippen molar-refractivity contribution in [3.8, 4) is 11.9 Å². The lowest BCUT2D eigenvalue weighted by Crippen LogP contribution is -2.33. The van der Waals surface area contributed by atoms with Crippen LogP contribution in [0.1, 0.15) is 54.7 Å². The van der Waals surface area contributed by atoms with Gasteiger partial charge in [-0.05, 0) is 61.8 Å². The summed E-state index contributed by atoms with van der Waals surface area (Å²) in [5.74, 6) is 0.866. The van der Waals surface area contributed by atoms with Gasteiger partial charge in [-0.2, -0.15) is 18.4 Å². The highest BCUT2D eigenvalue weighted by molar-refractivity contribution is 5.55. The lowest BCUT2D eigenvalue weighted by molar-refractivity contribution is -0.137. The van der Waals surface area contributed by atoms with Crippen LogP contribution in [-0.4, -0.2) is 36.4 Å². The van der Waals surface area contributed by atoms with Crippen molar-refractivity contribution in [2.45, 2.75) is 44.2 Å². The van der Waals surface area contributed by atoms with Gasteiger partial charge >= 0.3 is 6.18 Å². The number of ether oxygens (including phenoxy) is 1. The third-order valence-corrected chi connectivity index (χ3v) is 5.57. The molecule has 31 heavy (non-hydrogen) atoms. The van der Waals surface area contributed by atoms with Crippen LogP contribution in [0.3, 0.4) is 0 Å². The van der Waals surface area contributed by atoms with Gasteiger partial charge in [0.25, 0.3) is 0 Å². The minimum atomic E-state index is -4.55. The van der Waals surface area contributed by atoms with Crippen LogP contribution in [-0.2, 0) is 6.18 Å². The molecular formula is C23H26F3N3O2. The second kappa shape index (κ2) is 10.5. The van der Waals surface area contributed by atoms with E-state index >= 15 is 0 Å². The summed E-state index contributed by atoms with van der Waals surface area (Å²) in [5.41, 5.74) is 0.356. The highest BCUT2D eigenvalue weighted by Gasteiger charge is 2.34. The molecule has 3 rings (SSSR count). The quantitative estimate of drug-likeness (QED) is 0.600. The number of alkyl halides is 3. The van der Waals surface area contributed by atoms with Crippen LogP contribution in [0.4, 0.5) is 18.9 Å². The van der Waals surface area contributed by atoms with Crippen molar-refractivity contribution in [2.24, 2.45) is 0 Å². The monoisotopic (exact) mass is 433 g/mol. The van der Waals surface area contributed by atoms with E-state index < -0.39 is 11.7 Å². The van der Waals surface area contributed by atoms with Gasteiger partial charge in [0.1, 0.15) is 0 Å².